The number of hydrogen-bond donors (Lipinski definition) is 0. The van der Waals surface area contributed by atoms with Crippen LogP contribution in [0, 0.1) is 0 Å². The number of hydrogen-bond acceptors (Lipinski definition) is 5. The maximum absolute atomic E-state index is 6.74. The lowest BCUT2D eigenvalue weighted by Gasteiger charge is -2.12. The second-order valence-electron chi connectivity index (χ2n) is 13.9. The zero-order valence-electron chi connectivity index (χ0n) is 30.1. The molecule has 262 valence electrons. The first-order chi connectivity index (χ1) is 27.7. The summed E-state index contributed by atoms with van der Waals surface area (Å²) in [5, 5.41) is 4.62. The molecule has 0 atom stereocenters. The van der Waals surface area contributed by atoms with Crippen molar-refractivity contribution in [1.82, 2.24) is 15.0 Å². The molecule has 8 aromatic carbocycles. The largest absolute Gasteiger partial charge is 0.455 e. The topological polar surface area (TPSA) is 51.8 Å². The van der Waals surface area contributed by atoms with Crippen molar-refractivity contribution in [2.45, 2.75) is 0 Å². The van der Waals surface area contributed by atoms with Crippen LogP contribution in [-0.4, -0.2) is 15.0 Å². The summed E-state index contributed by atoms with van der Waals surface area (Å²) in [6, 6.07) is 65.7. The predicted octanol–water partition coefficient (Wildman–Crippen LogP) is 14.1. The molecule has 0 saturated heterocycles. The molecule has 3 aromatic heterocycles. The van der Waals surface area contributed by atoms with E-state index >= 15 is 0 Å². The van der Waals surface area contributed by atoms with Crippen molar-refractivity contribution in [2.75, 3.05) is 0 Å². The average molecular weight is 734 g/mol. The molecule has 0 aliphatic carbocycles. The van der Waals surface area contributed by atoms with Crippen molar-refractivity contribution in [1.29, 1.82) is 0 Å². The highest BCUT2D eigenvalue weighted by Crippen LogP contribution is 2.46. The number of aromatic nitrogens is 3. The molecule has 4 nitrogen and oxygen atoms in total. The van der Waals surface area contributed by atoms with Gasteiger partial charge in [0.1, 0.15) is 11.2 Å². The number of rotatable bonds is 6. The van der Waals surface area contributed by atoms with Gasteiger partial charge < -0.3 is 4.42 Å². The van der Waals surface area contributed by atoms with Crippen LogP contribution in [0.5, 0.6) is 0 Å². The maximum atomic E-state index is 6.74. The summed E-state index contributed by atoms with van der Waals surface area (Å²) in [7, 11) is 0. The Morgan fingerprint density at radius 3 is 1.68 bits per heavy atom. The van der Waals surface area contributed by atoms with E-state index in [9.17, 15) is 0 Å². The lowest BCUT2D eigenvalue weighted by Crippen LogP contribution is -2.00. The Bertz CT molecular complexity index is 3230. The van der Waals surface area contributed by atoms with E-state index in [4.69, 9.17) is 19.4 Å². The minimum Gasteiger partial charge on any atom is -0.455 e. The summed E-state index contributed by atoms with van der Waals surface area (Å²) < 4.78 is 9.30. The van der Waals surface area contributed by atoms with Crippen molar-refractivity contribution in [3.05, 3.63) is 188 Å². The Morgan fingerprint density at radius 1 is 0.357 bits per heavy atom. The van der Waals surface area contributed by atoms with Gasteiger partial charge in [-0.3, -0.25) is 0 Å². The van der Waals surface area contributed by atoms with E-state index in [0.29, 0.717) is 17.5 Å². The minimum absolute atomic E-state index is 0.562. The molecular weight excluding hydrogens is 703 g/mol. The molecule has 0 saturated carbocycles. The Hall–Kier alpha value is -7.21. The second kappa shape index (κ2) is 13.3. The second-order valence-corrected chi connectivity index (χ2v) is 15.0. The Morgan fingerprint density at radius 2 is 0.929 bits per heavy atom. The fourth-order valence-corrected chi connectivity index (χ4v) is 9.12. The van der Waals surface area contributed by atoms with E-state index in [2.05, 4.69) is 146 Å². The number of fused-ring (bicyclic) bond motifs is 6. The molecule has 11 rings (SSSR count). The van der Waals surface area contributed by atoms with E-state index in [-0.39, 0.29) is 0 Å². The van der Waals surface area contributed by atoms with Gasteiger partial charge in [-0.05, 0) is 52.1 Å². The number of furan rings is 1. The van der Waals surface area contributed by atoms with Crippen LogP contribution < -0.4 is 0 Å². The minimum atomic E-state index is 0.562. The number of nitrogens with zero attached hydrogens (tertiary/aromatic N) is 3. The summed E-state index contributed by atoms with van der Waals surface area (Å²) >= 11 is 1.86. The van der Waals surface area contributed by atoms with Crippen LogP contribution in [0.25, 0.3) is 110 Å². The summed E-state index contributed by atoms with van der Waals surface area (Å²) in [6.45, 7) is 0. The molecule has 0 spiro atoms. The van der Waals surface area contributed by atoms with Gasteiger partial charge in [-0.25, -0.2) is 15.0 Å². The van der Waals surface area contributed by atoms with E-state index < -0.39 is 0 Å². The molecule has 0 radical (unpaired) electrons. The van der Waals surface area contributed by atoms with Gasteiger partial charge >= 0.3 is 0 Å². The zero-order valence-corrected chi connectivity index (χ0v) is 30.9. The van der Waals surface area contributed by atoms with Gasteiger partial charge in [-0.1, -0.05) is 164 Å². The summed E-state index contributed by atoms with van der Waals surface area (Å²) in [5.74, 6) is 1.78. The zero-order chi connectivity index (χ0) is 37.0. The average Bonchev–Trinajstić information content (AvgIpc) is 3.85. The Kier molecular flexibility index (Phi) is 7.64. The molecule has 3 heterocycles. The monoisotopic (exact) mass is 733 g/mol. The van der Waals surface area contributed by atoms with Crippen LogP contribution in [0.4, 0.5) is 0 Å². The van der Waals surface area contributed by atoms with Gasteiger partial charge in [-0.2, -0.15) is 0 Å². The summed E-state index contributed by atoms with van der Waals surface area (Å²) in [5.41, 5.74) is 11.3. The van der Waals surface area contributed by atoms with Crippen LogP contribution in [0.2, 0.25) is 0 Å². The molecule has 56 heavy (non-hydrogen) atoms. The normalized spacial score (nSPS) is 11.6. The number of thiophene rings is 1. The molecule has 0 amide bonds. The third kappa shape index (κ3) is 5.48. The van der Waals surface area contributed by atoms with Gasteiger partial charge in [0.05, 0.1) is 5.56 Å². The van der Waals surface area contributed by atoms with Crippen molar-refractivity contribution in [3.63, 3.8) is 0 Å². The number of benzene rings is 8. The highest BCUT2D eigenvalue weighted by Gasteiger charge is 2.20. The van der Waals surface area contributed by atoms with E-state index in [1.165, 1.54) is 36.9 Å². The third-order valence-corrected chi connectivity index (χ3v) is 11.8. The summed E-state index contributed by atoms with van der Waals surface area (Å²) in [4.78, 5) is 15.2. The maximum Gasteiger partial charge on any atom is 0.167 e. The van der Waals surface area contributed by atoms with Gasteiger partial charge in [0, 0.05) is 47.6 Å². The van der Waals surface area contributed by atoms with Crippen molar-refractivity contribution < 1.29 is 4.42 Å². The first-order valence-electron chi connectivity index (χ1n) is 18.7. The SMILES string of the molecule is c1ccc(-c2ccc(-c3nc(-c4ccccc4)nc(-c4cccc5c4oc4ccc(-c6c(-c7ccccc7)ccc7c6sc6ccccc67)cc45)n3)cc2)cc1. The Balaban J connectivity index is 1.08. The highest BCUT2D eigenvalue weighted by atomic mass is 32.1. The molecule has 11 aromatic rings. The van der Waals surface area contributed by atoms with Gasteiger partial charge in [0.15, 0.2) is 17.5 Å². The first-order valence-corrected chi connectivity index (χ1v) is 19.5. The molecule has 0 bridgehead atoms. The fourth-order valence-electron chi connectivity index (χ4n) is 7.85. The predicted molar refractivity (Wildman–Crippen MR) is 233 cm³/mol. The molecule has 0 aliphatic rings. The van der Waals surface area contributed by atoms with Gasteiger partial charge in [-0.15, -0.1) is 11.3 Å². The van der Waals surface area contributed by atoms with Crippen molar-refractivity contribution in [2.24, 2.45) is 0 Å². The molecule has 0 aliphatic heterocycles. The standard InChI is InChI=1S/C51H31N3OS/c1-4-13-32(14-5-1)33-23-25-36(26-24-33)50-52-49(35-17-8-3-9-18-35)53-51(54-50)42-21-12-20-40-43-31-37(27-30-44(43)55-47(40)42)46-38(34-15-6-2-7-16-34)28-29-41-39-19-10-11-22-45(39)56-48(41)46/h1-31H. The van der Waals surface area contributed by atoms with E-state index in [1.807, 2.05) is 53.8 Å². The van der Waals surface area contributed by atoms with E-state index in [1.54, 1.807) is 0 Å². The van der Waals surface area contributed by atoms with Crippen LogP contribution in [-0.2, 0) is 0 Å². The van der Waals surface area contributed by atoms with Crippen LogP contribution in [0.3, 0.4) is 0 Å². The smallest absolute Gasteiger partial charge is 0.167 e. The molecule has 0 fully saturated rings. The van der Waals surface area contributed by atoms with Gasteiger partial charge in [0.2, 0.25) is 0 Å². The number of para-hydroxylation sites is 1. The molecule has 5 heteroatoms. The van der Waals surface area contributed by atoms with Gasteiger partial charge in [0.25, 0.3) is 0 Å². The highest BCUT2D eigenvalue weighted by molar-refractivity contribution is 7.26. The summed E-state index contributed by atoms with van der Waals surface area (Å²) in [6.07, 6.45) is 0. The fraction of sp³-hybridized carbons (Fsp3) is 0. The van der Waals surface area contributed by atoms with Crippen molar-refractivity contribution in [3.8, 4) is 67.5 Å². The first kappa shape index (κ1) is 32.2. The molecular formula is C51H31N3OS. The van der Waals surface area contributed by atoms with Crippen LogP contribution in [0.15, 0.2) is 192 Å². The Labute approximate surface area is 327 Å². The van der Waals surface area contributed by atoms with Crippen LogP contribution >= 0.6 is 11.3 Å². The van der Waals surface area contributed by atoms with E-state index in [0.717, 1.165) is 55.3 Å². The lowest BCUT2D eigenvalue weighted by molar-refractivity contribution is 0.669. The quantitative estimate of drug-likeness (QED) is 0.171. The van der Waals surface area contributed by atoms with Crippen LogP contribution in [0.1, 0.15) is 0 Å². The van der Waals surface area contributed by atoms with Crippen molar-refractivity contribution >= 4 is 53.4 Å². The lowest BCUT2D eigenvalue weighted by atomic mass is 9.92. The molecule has 0 unspecified atom stereocenters. The molecule has 0 N–H and O–H groups in total. The third-order valence-electron chi connectivity index (χ3n) is 10.6.